The molecule has 0 radical (unpaired) electrons. The van der Waals surface area contributed by atoms with Crippen LogP contribution >= 0.6 is 15.9 Å². The molecule has 1 heterocycles. The average Bonchev–Trinajstić information content (AvgIpc) is 3.02. The van der Waals surface area contributed by atoms with Gasteiger partial charge in [-0.05, 0) is 81.4 Å². The van der Waals surface area contributed by atoms with Crippen molar-refractivity contribution in [2.75, 3.05) is 33.8 Å². The SMILES string of the molecule is Cc1cc(OCC(C)C)ccc1/C(O)=C1\C(=O)C(=O)N(CCCN(C)C)C1c1ccc(Br)cc1. The summed E-state index contributed by atoms with van der Waals surface area (Å²) in [7, 11) is 3.94. The molecule has 1 fully saturated rings. The number of ether oxygens (including phenoxy) is 1. The van der Waals surface area contributed by atoms with Crippen LogP contribution in [0.15, 0.2) is 52.5 Å². The van der Waals surface area contributed by atoms with Crippen molar-refractivity contribution in [2.45, 2.75) is 33.2 Å². The van der Waals surface area contributed by atoms with E-state index in [-0.39, 0.29) is 11.3 Å². The van der Waals surface area contributed by atoms with Crippen molar-refractivity contribution >= 4 is 33.4 Å². The molecule has 3 rings (SSSR count). The minimum Gasteiger partial charge on any atom is -0.507 e. The molecule has 6 nitrogen and oxygen atoms in total. The lowest BCUT2D eigenvalue weighted by Gasteiger charge is -2.26. The Kier molecular flexibility index (Phi) is 8.55. The van der Waals surface area contributed by atoms with Crippen LogP contribution in [-0.2, 0) is 9.59 Å². The van der Waals surface area contributed by atoms with E-state index in [2.05, 4.69) is 29.8 Å². The quantitative estimate of drug-likeness (QED) is 0.276. The fourth-order valence-electron chi connectivity index (χ4n) is 4.06. The molecule has 1 amide bonds. The van der Waals surface area contributed by atoms with E-state index in [1.165, 1.54) is 0 Å². The van der Waals surface area contributed by atoms with Crippen molar-refractivity contribution in [3.8, 4) is 5.75 Å². The maximum atomic E-state index is 13.2. The minimum absolute atomic E-state index is 0.121. The second-order valence-corrected chi connectivity index (χ2v) is 10.3. The van der Waals surface area contributed by atoms with Crippen LogP contribution in [-0.4, -0.2) is 60.4 Å². The Balaban J connectivity index is 2.04. The second kappa shape index (κ2) is 11.2. The van der Waals surface area contributed by atoms with Gasteiger partial charge in [0.25, 0.3) is 11.7 Å². The number of aliphatic hydroxyl groups is 1. The highest BCUT2D eigenvalue weighted by Gasteiger charge is 2.45. The van der Waals surface area contributed by atoms with Crippen LogP contribution in [0.1, 0.15) is 43.0 Å². The number of halogens is 1. The van der Waals surface area contributed by atoms with Crippen LogP contribution in [0, 0.1) is 12.8 Å². The molecule has 1 aliphatic heterocycles. The van der Waals surface area contributed by atoms with Crippen LogP contribution in [0.25, 0.3) is 5.76 Å². The molecule has 1 saturated heterocycles. The molecule has 34 heavy (non-hydrogen) atoms. The largest absolute Gasteiger partial charge is 0.507 e. The Morgan fingerprint density at radius 3 is 2.41 bits per heavy atom. The highest BCUT2D eigenvalue weighted by molar-refractivity contribution is 9.10. The predicted molar refractivity (Wildman–Crippen MR) is 138 cm³/mol. The van der Waals surface area contributed by atoms with E-state index in [0.29, 0.717) is 36.8 Å². The third-order valence-electron chi connectivity index (χ3n) is 5.77. The van der Waals surface area contributed by atoms with Crippen LogP contribution in [0.3, 0.4) is 0 Å². The van der Waals surface area contributed by atoms with Gasteiger partial charge in [0.05, 0.1) is 18.2 Å². The van der Waals surface area contributed by atoms with E-state index in [1.54, 1.807) is 17.0 Å². The number of nitrogens with zero attached hydrogens (tertiary/aromatic N) is 2. The number of aryl methyl sites for hydroxylation is 1. The fraction of sp³-hybridized carbons (Fsp3) is 0.407. The monoisotopic (exact) mass is 528 g/mol. The molecule has 0 spiro atoms. The molecule has 2 aromatic rings. The number of rotatable bonds is 9. The average molecular weight is 529 g/mol. The lowest BCUT2D eigenvalue weighted by Crippen LogP contribution is -2.32. The number of ketones is 1. The summed E-state index contributed by atoms with van der Waals surface area (Å²) in [5.41, 5.74) is 2.19. The summed E-state index contributed by atoms with van der Waals surface area (Å²) in [5, 5.41) is 11.3. The number of hydrogen-bond donors (Lipinski definition) is 1. The topological polar surface area (TPSA) is 70.1 Å². The molecular formula is C27H33BrN2O4. The van der Waals surface area contributed by atoms with Crippen molar-refractivity contribution < 1.29 is 19.4 Å². The van der Waals surface area contributed by atoms with Gasteiger partial charge in [-0.15, -0.1) is 0 Å². The van der Waals surface area contributed by atoms with Gasteiger partial charge in [0.1, 0.15) is 11.5 Å². The van der Waals surface area contributed by atoms with E-state index in [0.717, 1.165) is 22.1 Å². The Labute approximate surface area is 210 Å². The van der Waals surface area contributed by atoms with Crippen molar-refractivity contribution in [1.29, 1.82) is 0 Å². The Bertz CT molecular complexity index is 1080. The van der Waals surface area contributed by atoms with Gasteiger partial charge in [-0.2, -0.15) is 0 Å². The summed E-state index contributed by atoms with van der Waals surface area (Å²) in [5.74, 6) is -0.300. The first-order valence-electron chi connectivity index (χ1n) is 11.5. The van der Waals surface area contributed by atoms with Gasteiger partial charge < -0.3 is 19.6 Å². The number of likely N-dealkylation sites (tertiary alicyclic amines) is 1. The van der Waals surface area contributed by atoms with Gasteiger partial charge in [0, 0.05) is 16.6 Å². The zero-order valence-electron chi connectivity index (χ0n) is 20.5. The zero-order valence-corrected chi connectivity index (χ0v) is 22.1. The predicted octanol–water partition coefficient (Wildman–Crippen LogP) is 5.17. The molecule has 1 unspecified atom stereocenters. The van der Waals surface area contributed by atoms with Gasteiger partial charge in [0.2, 0.25) is 0 Å². The third-order valence-corrected chi connectivity index (χ3v) is 6.30. The lowest BCUT2D eigenvalue weighted by atomic mass is 9.94. The van der Waals surface area contributed by atoms with Crippen molar-refractivity contribution in [3.05, 3.63) is 69.2 Å². The summed E-state index contributed by atoms with van der Waals surface area (Å²) in [6, 6.07) is 12.2. The summed E-state index contributed by atoms with van der Waals surface area (Å²) >= 11 is 3.44. The smallest absolute Gasteiger partial charge is 0.295 e. The molecule has 0 bridgehead atoms. The molecule has 0 aromatic heterocycles. The molecular weight excluding hydrogens is 496 g/mol. The zero-order chi connectivity index (χ0) is 25.0. The Hall–Kier alpha value is -2.64. The number of benzene rings is 2. The maximum absolute atomic E-state index is 13.2. The molecule has 0 aliphatic carbocycles. The van der Waals surface area contributed by atoms with Gasteiger partial charge in [-0.3, -0.25) is 9.59 Å². The van der Waals surface area contributed by atoms with Gasteiger partial charge in [0.15, 0.2) is 0 Å². The molecule has 1 aliphatic rings. The third kappa shape index (κ3) is 5.88. The molecule has 7 heteroatoms. The number of aliphatic hydroxyl groups excluding tert-OH is 1. The van der Waals surface area contributed by atoms with E-state index in [4.69, 9.17) is 4.74 Å². The maximum Gasteiger partial charge on any atom is 0.295 e. The molecule has 1 N–H and O–H groups in total. The highest BCUT2D eigenvalue weighted by Crippen LogP contribution is 2.40. The van der Waals surface area contributed by atoms with E-state index >= 15 is 0 Å². The Morgan fingerprint density at radius 2 is 1.82 bits per heavy atom. The van der Waals surface area contributed by atoms with E-state index in [9.17, 15) is 14.7 Å². The minimum atomic E-state index is -0.658. The number of carbonyl (C=O) groups excluding carboxylic acids is 2. The summed E-state index contributed by atoms with van der Waals surface area (Å²) in [6.45, 7) is 7.80. The number of hydrogen-bond acceptors (Lipinski definition) is 5. The van der Waals surface area contributed by atoms with Crippen molar-refractivity contribution in [3.63, 3.8) is 0 Å². The first kappa shape index (κ1) is 26.0. The standard InChI is InChI=1S/C27H33BrN2O4/c1-17(2)16-34-21-11-12-22(18(3)15-21)25(31)23-24(19-7-9-20(28)10-8-19)30(27(33)26(23)32)14-6-13-29(4)5/h7-12,15,17,24,31H,6,13-14,16H2,1-5H3/b25-23+. The van der Waals surface area contributed by atoms with Gasteiger partial charge in [-0.1, -0.05) is 41.9 Å². The summed E-state index contributed by atoms with van der Waals surface area (Å²) in [4.78, 5) is 29.9. The summed E-state index contributed by atoms with van der Waals surface area (Å²) < 4.78 is 6.69. The van der Waals surface area contributed by atoms with Crippen molar-refractivity contribution in [2.24, 2.45) is 5.92 Å². The van der Waals surface area contributed by atoms with Crippen LogP contribution in [0.5, 0.6) is 5.75 Å². The number of Topliss-reactive ketones (excluding diaryl/α,β-unsaturated/α-hetero) is 1. The lowest BCUT2D eigenvalue weighted by molar-refractivity contribution is -0.139. The normalized spacial score (nSPS) is 17.8. The molecule has 182 valence electrons. The van der Waals surface area contributed by atoms with Crippen LogP contribution in [0.2, 0.25) is 0 Å². The molecule has 1 atom stereocenters. The first-order valence-corrected chi connectivity index (χ1v) is 12.3. The van der Waals surface area contributed by atoms with Crippen LogP contribution in [0.4, 0.5) is 0 Å². The number of carbonyl (C=O) groups is 2. The second-order valence-electron chi connectivity index (χ2n) is 9.38. The Morgan fingerprint density at radius 1 is 1.15 bits per heavy atom. The fourth-order valence-corrected chi connectivity index (χ4v) is 4.32. The highest BCUT2D eigenvalue weighted by atomic mass is 79.9. The van der Waals surface area contributed by atoms with E-state index < -0.39 is 17.7 Å². The van der Waals surface area contributed by atoms with Crippen LogP contribution < -0.4 is 4.74 Å². The van der Waals surface area contributed by atoms with Gasteiger partial charge in [-0.25, -0.2) is 0 Å². The van der Waals surface area contributed by atoms with E-state index in [1.807, 2.05) is 56.3 Å². The number of amides is 1. The van der Waals surface area contributed by atoms with Crippen molar-refractivity contribution in [1.82, 2.24) is 9.80 Å². The molecule has 0 saturated carbocycles. The first-order chi connectivity index (χ1) is 16.1. The summed E-state index contributed by atoms with van der Waals surface area (Å²) in [6.07, 6.45) is 0.716. The van der Waals surface area contributed by atoms with Gasteiger partial charge >= 0.3 is 0 Å². The molecule has 2 aromatic carbocycles.